The molecule has 0 atom stereocenters. The van der Waals surface area contributed by atoms with E-state index in [1.807, 2.05) is 20.8 Å². The molecule has 0 aliphatic heterocycles. The Kier molecular flexibility index (Phi) is 9.07. The monoisotopic (exact) mass is 581 g/mol. The Bertz CT molecular complexity index is 1300. The van der Waals surface area contributed by atoms with E-state index in [0.717, 1.165) is 32.1 Å². The van der Waals surface area contributed by atoms with E-state index >= 15 is 0 Å². The number of nitrogens with one attached hydrogen (secondary N) is 1. The maximum atomic E-state index is 12.9. The van der Waals surface area contributed by atoms with Crippen molar-refractivity contribution in [1.29, 1.82) is 0 Å². The second-order valence-electron chi connectivity index (χ2n) is 10.5. The summed E-state index contributed by atoms with van der Waals surface area (Å²) < 4.78 is 55.3. The van der Waals surface area contributed by atoms with Crippen LogP contribution in [0.2, 0.25) is 5.15 Å². The third-order valence-corrected chi connectivity index (χ3v) is 6.56. The lowest BCUT2D eigenvalue weighted by Crippen LogP contribution is -2.41. The predicted octanol–water partition coefficient (Wildman–Crippen LogP) is 6.73. The molecule has 2 heterocycles. The van der Waals surface area contributed by atoms with Gasteiger partial charge in [-0.2, -0.15) is 5.10 Å². The highest BCUT2D eigenvalue weighted by Gasteiger charge is 2.32. The number of nitrogens with zero attached hydrogens (tertiary/aromatic N) is 4. The van der Waals surface area contributed by atoms with E-state index in [1.54, 1.807) is 6.07 Å². The largest absolute Gasteiger partial charge is 0.573 e. The standard InChI is InChI=1S/C27H31ClF3N5O4/c1-26(2,3)40-25(37)35-19-10-8-17(9-11-19)12-13-38-23-22(32-16-33-24(23)28)18-14-34-36(15-18)20-6-4-5-7-21(20)39-27(29,30)31/h4-7,14-17,19H,8-13H2,1-3H3,(H,35,37)/t17-,19+. The topological polar surface area (TPSA) is 100 Å². The molecule has 2 aromatic heterocycles. The van der Waals surface area contributed by atoms with Gasteiger partial charge in [-0.05, 0) is 70.9 Å². The second-order valence-corrected chi connectivity index (χ2v) is 10.9. The summed E-state index contributed by atoms with van der Waals surface area (Å²) in [5.41, 5.74) is 0.413. The zero-order chi connectivity index (χ0) is 28.9. The van der Waals surface area contributed by atoms with Gasteiger partial charge in [0, 0.05) is 17.8 Å². The summed E-state index contributed by atoms with van der Waals surface area (Å²) in [5.74, 6) is 0.290. The molecule has 1 fully saturated rings. The van der Waals surface area contributed by atoms with E-state index < -0.39 is 23.8 Å². The van der Waals surface area contributed by atoms with Crippen LogP contribution in [-0.2, 0) is 4.74 Å². The Balaban J connectivity index is 1.37. The summed E-state index contributed by atoms with van der Waals surface area (Å²) in [6.07, 6.45) is 3.34. The molecule has 1 aliphatic carbocycles. The molecule has 0 bridgehead atoms. The van der Waals surface area contributed by atoms with Crippen molar-refractivity contribution >= 4 is 17.7 Å². The molecule has 1 aliphatic rings. The first kappa shape index (κ1) is 29.4. The number of aromatic nitrogens is 4. The third-order valence-electron chi connectivity index (χ3n) is 6.29. The van der Waals surface area contributed by atoms with Crippen molar-refractivity contribution in [3.8, 4) is 28.4 Å². The van der Waals surface area contributed by atoms with Gasteiger partial charge in [0.15, 0.2) is 16.7 Å². The molecule has 0 unspecified atom stereocenters. The van der Waals surface area contributed by atoms with Crippen LogP contribution in [0.3, 0.4) is 0 Å². The van der Waals surface area contributed by atoms with Crippen LogP contribution in [0.25, 0.3) is 16.9 Å². The van der Waals surface area contributed by atoms with Crippen LogP contribution in [0.4, 0.5) is 18.0 Å². The zero-order valence-corrected chi connectivity index (χ0v) is 23.1. The molecular formula is C27H31ClF3N5O4. The van der Waals surface area contributed by atoms with Crippen molar-refractivity contribution in [3.63, 3.8) is 0 Å². The molecule has 0 saturated heterocycles. The molecule has 0 radical (unpaired) electrons. The number of ether oxygens (including phenoxy) is 3. The average molecular weight is 582 g/mol. The van der Waals surface area contributed by atoms with Crippen LogP contribution in [0, 0.1) is 5.92 Å². The maximum absolute atomic E-state index is 12.9. The number of hydrogen-bond donors (Lipinski definition) is 1. The van der Waals surface area contributed by atoms with Crippen LogP contribution in [0.1, 0.15) is 52.9 Å². The summed E-state index contributed by atoms with van der Waals surface area (Å²) in [5, 5.41) is 7.25. The second kappa shape index (κ2) is 12.3. The summed E-state index contributed by atoms with van der Waals surface area (Å²) in [6.45, 7) is 5.86. The molecule has 3 aromatic rings. The minimum atomic E-state index is -4.85. The van der Waals surface area contributed by atoms with Gasteiger partial charge >= 0.3 is 12.5 Å². The molecule has 9 nitrogen and oxygen atoms in total. The molecule has 1 saturated carbocycles. The summed E-state index contributed by atoms with van der Waals surface area (Å²) in [4.78, 5) is 20.3. The minimum absolute atomic E-state index is 0.0822. The van der Waals surface area contributed by atoms with Gasteiger partial charge in [-0.25, -0.2) is 19.4 Å². The van der Waals surface area contributed by atoms with Crippen molar-refractivity contribution < 1.29 is 32.2 Å². The smallest absolute Gasteiger partial charge is 0.488 e. The lowest BCUT2D eigenvalue weighted by atomic mass is 9.84. The lowest BCUT2D eigenvalue weighted by molar-refractivity contribution is -0.274. The van der Waals surface area contributed by atoms with Gasteiger partial charge in [0.05, 0.1) is 12.8 Å². The number of rotatable bonds is 8. The highest BCUT2D eigenvalue weighted by molar-refractivity contribution is 6.31. The van der Waals surface area contributed by atoms with E-state index in [2.05, 4.69) is 25.1 Å². The molecular weight excluding hydrogens is 551 g/mol. The molecule has 40 heavy (non-hydrogen) atoms. The van der Waals surface area contributed by atoms with Crippen molar-refractivity contribution in [1.82, 2.24) is 25.1 Å². The fourth-order valence-electron chi connectivity index (χ4n) is 4.52. The maximum Gasteiger partial charge on any atom is 0.573 e. The van der Waals surface area contributed by atoms with Gasteiger partial charge in [-0.1, -0.05) is 23.7 Å². The van der Waals surface area contributed by atoms with Crippen LogP contribution in [-0.4, -0.2) is 50.5 Å². The van der Waals surface area contributed by atoms with Gasteiger partial charge in [0.25, 0.3) is 0 Å². The van der Waals surface area contributed by atoms with E-state index in [9.17, 15) is 18.0 Å². The molecule has 216 valence electrons. The number of carbonyl (C=O) groups excluding carboxylic acids is 1. The fourth-order valence-corrected chi connectivity index (χ4v) is 4.71. The van der Waals surface area contributed by atoms with Crippen LogP contribution in [0.5, 0.6) is 11.5 Å². The Morgan fingerprint density at radius 3 is 2.55 bits per heavy atom. The first-order valence-electron chi connectivity index (χ1n) is 12.9. The summed E-state index contributed by atoms with van der Waals surface area (Å²) in [6, 6.07) is 5.77. The van der Waals surface area contributed by atoms with Gasteiger partial charge in [-0.3, -0.25) is 0 Å². The number of amides is 1. The number of alkyl halides is 3. The van der Waals surface area contributed by atoms with Crippen molar-refractivity contribution in [2.24, 2.45) is 5.92 Å². The predicted molar refractivity (Wildman–Crippen MR) is 142 cm³/mol. The van der Waals surface area contributed by atoms with Crippen molar-refractivity contribution in [2.75, 3.05) is 6.61 Å². The van der Waals surface area contributed by atoms with Crippen LogP contribution < -0.4 is 14.8 Å². The molecule has 4 rings (SSSR count). The number of benzene rings is 1. The molecule has 1 aromatic carbocycles. The van der Waals surface area contributed by atoms with Gasteiger partial charge < -0.3 is 19.5 Å². The van der Waals surface area contributed by atoms with Crippen molar-refractivity contribution in [3.05, 3.63) is 48.1 Å². The lowest BCUT2D eigenvalue weighted by Gasteiger charge is -2.30. The van der Waals surface area contributed by atoms with E-state index in [1.165, 1.54) is 41.6 Å². The zero-order valence-electron chi connectivity index (χ0n) is 22.4. The molecule has 0 spiro atoms. The van der Waals surface area contributed by atoms with Crippen molar-refractivity contribution in [2.45, 2.75) is 70.9 Å². The fraction of sp³-hybridized carbons (Fsp3) is 0.481. The van der Waals surface area contributed by atoms with E-state index in [4.69, 9.17) is 21.1 Å². The average Bonchev–Trinajstić information content (AvgIpc) is 3.34. The normalized spacial score (nSPS) is 17.8. The molecule has 13 heteroatoms. The van der Waals surface area contributed by atoms with E-state index in [0.29, 0.717) is 23.8 Å². The number of hydrogen-bond acceptors (Lipinski definition) is 7. The Morgan fingerprint density at radius 2 is 1.85 bits per heavy atom. The number of halogens is 4. The molecule has 1 amide bonds. The van der Waals surface area contributed by atoms with Gasteiger partial charge in [0.2, 0.25) is 0 Å². The van der Waals surface area contributed by atoms with Gasteiger partial charge in [-0.15, -0.1) is 13.2 Å². The molecule has 1 N–H and O–H groups in total. The highest BCUT2D eigenvalue weighted by Crippen LogP contribution is 2.35. The SMILES string of the molecule is CC(C)(C)OC(=O)N[C@H]1CC[C@@H](CCOc2c(Cl)ncnc2-c2cnn(-c3ccccc3OC(F)(F)F)c2)CC1. The Labute approximate surface area is 235 Å². The highest BCUT2D eigenvalue weighted by atomic mass is 35.5. The van der Waals surface area contributed by atoms with Crippen LogP contribution >= 0.6 is 11.6 Å². The first-order chi connectivity index (χ1) is 18.9. The Hall–Kier alpha value is -3.54. The third kappa shape index (κ3) is 8.23. The van der Waals surface area contributed by atoms with Gasteiger partial charge in [0.1, 0.15) is 23.3 Å². The quantitative estimate of drug-likeness (QED) is 0.294. The Morgan fingerprint density at radius 1 is 1.12 bits per heavy atom. The van der Waals surface area contributed by atoms with E-state index in [-0.39, 0.29) is 22.6 Å². The number of carbonyl (C=O) groups is 1. The first-order valence-corrected chi connectivity index (χ1v) is 13.3. The van der Waals surface area contributed by atoms with Crippen LogP contribution in [0.15, 0.2) is 43.0 Å². The summed E-state index contributed by atoms with van der Waals surface area (Å²) >= 11 is 6.34. The summed E-state index contributed by atoms with van der Waals surface area (Å²) in [7, 11) is 0. The number of alkyl carbamates (subject to hydrolysis) is 1. The minimum Gasteiger partial charge on any atom is -0.488 e. The number of para-hydroxylation sites is 2.